The molecule has 0 atom stereocenters. The highest BCUT2D eigenvalue weighted by atomic mass is 16.6. The number of rotatable bonds is 56. The first kappa shape index (κ1) is 61.2. The summed E-state index contributed by atoms with van der Waals surface area (Å²) in [6, 6.07) is 5.91. The van der Waals surface area contributed by atoms with Gasteiger partial charge in [-0.2, -0.15) is 0 Å². The number of hydrogen-bond acceptors (Lipinski definition) is 19. The molecule has 384 valence electrons. The van der Waals surface area contributed by atoms with Gasteiger partial charge >= 0.3 is 0 Å². The summed E-state index contributed by atoms with van der Waals surface area (Å²) < 4.78 is 105. The topological polar surface area (TPSA) is 175 Å². The Bertz CT molecular complexity index is 1040. The van der Waals surface area contributed by atoms with Gasteiger partial charge in [0.15, 0.2) is 0 Å². The van der Waals surface area contributed by atoms with Crippen LogP contribution in [0, 0.1) is 0 Å². The molecule has 0 aromatic heterocycles. The Morgan fingerprint density at radius 1 is 0.246 bits per heavy atom. The predicted octanol–water partition coefficient (Wildman–Crippen LogP) is 3.68. The third kappa shape index (κ3) is 47.0. The molecule has 0 saturated heterocycles. The molecule has 0 heterocycles. The molecule has 19 nitrogen and oxygen atoms in total. The summed E-state index contributed by atoms with van der Waals surface area (Å²) in [7, 11) is 1.64. The van der Waals surface area contributed by atoms with E-state index in [4.69, 9.17) is 90.0 Å². The van der Waals surface area contributed by atoms with E-state index in [1.165, 1.54) is 0 Å². The molecule has 0 radical (unpaired) electrons. The Balaban J connectivity index is 1.67. The van der Waals surface area contributed by atoms with E-state index in [1.54, 1.807) is 7.11 Å². The molecule has 1 aromatic carbocycles. The van der Waals surface area contributed by atoms with Gasteiger partial charge in [-0.05, 0) is 30.5 Å². The summed E-state index contributed by atoms with van der Waals surface area (Å²) in [6.07, 6.45) is 1.90. The quantitative estimate of drug-likeness (QED) is 0.0865. The first-order valence-electron chi connectivity index (χ1n) is 23.4. The molecular formula is C46H86O19. The Labute approximate surface area is 389 Å². The van der Waals surface area contributed by atoms with Gasteiger partial charge in [-0.15, -0.1) is 0 Å². The van der Waals surface area contributed by atoms with E-state index in [0.29, 0.717) is 231 Å². The fourth-order valence-electron chi connectivity index (χ4n) is 4.95. The van der Waals surface area contributed by atoms with Crippen molar-refractivity contribution in [1.82, 2.24) is 0 Å². The van der Waals surface area contributed by atoms with Crippen LogP contribution in [-0.2, 0) is 87.1 Å². The van der Waals surface area contributed by atoms with Crippen molar-refractivity contribution in [2.75, 3.05) is 232 Å². The van der Waals surface area contributed by atoms with Gasteiger partial charge in [0.1, 0.15) is 11.5 Å². The van der Waals surface area contributed by atoms with E-state index in [9.17, 15) is 0 Å². The van der Waals surface area contributed by atoms with E-state index < -0.39 is 0 Å². The van der Waals surface area contributed by atoms with Gasteiger partial charge in [0.05, 0.1) is 231 Å². The molecular weight excluding hydrogens is 856 g/mol. The largest absolute Gasteiger partial charge is 0.493 e. The molecule has 0 fully saturated rings. The first-order chi connectivity index (χ1) is 32.3. The number of methoxy groups -OCH3 is 1. The zero-order chi connectivity index (χ0) is 46.5. The van der Waals surface area contributed by atoms with E-state index in [1.807, 2.05) is 18.2 Å². The van der Waals surface area contributed by atoms with Crippen molar-refractivity contribution in [2.45, 2.75) is 33.3 Å². The van der Waals surface area contributed by atoms with Gasteiger partial charge in [0.2, 0.25) is 0 Å². The van der Waals surface area contributed by atoms with Crippen molar-refractivity contribution < 1.29 is 90.0 Å². The molecule has 0 bridgehead atoms. The SMILES string of the molecule is CCCOc1cc(COCCOCCOCCOCCOCCOCCOCCOCCOCCOCCOCCOCCOCCOCCOCCOCCOC)cc(OCCC)c1. The maximum atomic E-state index is 5.79. The van der Waals surface area contributed by atoms with Crippen LogP contribution in [0.25, 0.3) is 0 Å². The minimum absolute atomic E-state index is 0.463. The van der Waals surface area contributed by atoms with Crippen LogP contribution in [0.2, 0.25) is 0 Å². The van der Waals surface area contributed by atoms with Crippen molar-refractivity contribution in [3.05, 3.63) is 23.8 Å². The van der Waals surface area contributed by atoms with E-state index in [-0.39, 0.29) is 0 Å². The molecule has 0 saturated carbocycles. The van der Waals surface area contributed by atoms with Gasteiger partial charge in [0, 0.05) is 13.2 Å². The summed E-state index contributed by atoms with van der Waals surface area (Å²) in [4.78, 5) is 0. The summed E-state index contributed by atoms with van der Waals surface area (Å²) >= 11 is 0. The Morgan fingerprint density at radius 2 is 0.446 bits per heavy atom. The molecule has 0 amide bonds. The van der Waals surface area contributed by atoms with Crippen LogP contribution in [0.5, 0.6) is 11.5 Å². The van der Waals surface area contributed by atoms with Gasteiger partial charge < -0.3 is 90.0 Å². The zero-order valence-corrected chi connectivity index (χ0v) is 40.2. The van der Waals surface area contributed by atoms with Crippen LogP contribution in [0.4, 0.5) is 0 Å². The second-order valence-corrected chi connectivity index (χ2v) is 13.7. The molecule has 1 rings (SSSR count). The Hall–Kier alpha value is -1.86. The molecule has 65 heavy (non-hydrogen) atoms. The third-order valence-electron chi connectivity index (χ3n) is 8.17. The average molecular weight is 943 g/mol. The monoisotopic (exact) mass is 943 g/mol. The molecule has 0 aliphatic rings. The second kappa shape index (κ2) is 53.1. The van der Waals surface area contributed by atoms with Crippen molar-refractivity contribution in [3.8, 4) is 11.5 Å². The Morgan fingerprint density at radius 3 is 0.646 bits per heavy atom. The van der Waals surface area contributed by atoms with Gasteiger partial charge in [0.25, 0.3) is 0 Å². The van der Waals surface area contributed by atoms with Gasteiger partial charge in [-0.25, -0.2) is 0 Å². The maximum Gasteiger partial charge on any atom is 0.123 e. The average Bonchev–Trinajstić information content (AvgIpc) is 3.32. The predicted molar refractivity (Wildman–Crippen MR) is 242 cm³/mol. The van der Waals surface area contributed by atoms with Gasteiger partial charge in [-0.3, -0.25) is 0 Å². The lowest BCUT2D eigenvalue weighted by molar-refractivity contribution is -0.0306. The van der Waals surface area contributed by atoms with Gasteiger partial charge in [-0.1, -0.05) is 13.8 Å². The standard InChI is InChI=1S/C46H86O19/c1-4-6-64-45-40-44(41-46(42-45)65-7-5-2)43-63-39-38-62-37-36-61-35-34-60-33-32-59-31-30-58-29-28-57-27-26-56-25-24-55-23-22-54-21-20-53-19-18-52-17-16-51-15-14-50-13-12-49-11-10-48-9-8-47-3/h40-42H,4-39,43H2,1-3H3. The molecule has 0 aliphatic carbocycles. The highest BCUT2D eigenvalue weighted by Crippen LogP contribution is 2.24. The number of hydrogen-bond donors (Lipinski definition) is 0. The lowest BCUT2D eigenvalue weighted by Gasteiger charge is -2.12. The van der Waals surface area contributed by atoms with Crippen molar-refractivity contribution >= 4 is 0 Å². The summed E-state index contributed by atoms with van der Waals surface area (Å²) in [5.74, 6) is 1.60. The minimum atomic E-state index is 0.463. The fourth-order valence-corrected chi connectivity index (χ4v) is 4.95. The fraction of sp³-hybridized carbons (Fsp3) is 0.870. The van der Waals surface area contributed by atoms with E-state index in [0.717, 1.165) is 29.9 Å². The molecule has 0 unspecified atom stereocenters. The lowest BCUT2D eigenvalue weighted by Crippen LogP contribution is -2.16. The molecule has 0 spiro atoms. The van der Waals surface area contributed by atoms with Crippen molar-refractivity contribution in [1.29, 1.82) is 0 Å². The smallest absolute Gasteiger partial charge is 0.123 e. The van der Waals surface area contributed by atoms with Crippen LogP contribution in [0.3, 0.4) is 0 Å². The molecule has 1 aromatic rings. The highest BCUT2D eigenvalue weighted by molar-refractivity contribution is 5.38. The lowest BCUT2D eigenvalue weighted by atomic mass is 10.2. The van der Waals surface area contributed by atoms with Crippen LogP contribution in [-0.4, -0.2) is 232 Å². The van der Waals surface area contributed by atoms with E-state index >= 15 is 0 Å². The van der Waals surface area contributed by atoms with Crippen LogP contribution in [0.1, 0.15) is 32.3 Å². The summed E-state index contributed by atoms with van der Waals surface area (Å²) in [5.41, 5.74) is 1.01. The zero-order valence-electron chi connectivity index (χ0n) is 40.2. The van der Waals surface area contributed by atoms with Crippen LogP contribution in [0.15, 0.2) is 18.2 Å². The second-order valence-electron chi connectivity index (χ2n) is 13.7. The maximum absolute atomic E-state index is 5.79. The third-order valence-corrected chi connectivity index (χ3v) is 8.17. The number of benzene rings is 1. The van der Waals surface area contributed by atoms with Crippen LogP contribution < -0.4 is 9.47 Å². The number of ether oxygens (including phenoxy) is 19. The summed E-state index contributed by atoms with van der Waals surface area (Å²) in [5, 5.41) is 0. The molecule has 0 N–H and O–H groups in total. The van der Waals surface area contributed by atoms with Crippen molar-refractivity contribution in [2.24, 2.45) is 0 Å². The molecule has 0 aliphatic heterocycles. The molecule has 19 heteroatoms. The first-order valence-corrected chi connectivity index (χ1v) is 23.4. The normalized spacial score (nSPS) is 11.6. The Kier molecular flexibility index (Phi) is 50.0. The van der Waals surface area contributed by atoms with E-state index in [2.05, 4.69) is 13.8 Å². The van der Waals surface area contributed by atoms with Crippen molar-refractivity contribution in [3.63, 3.8) is 0 Å². The highest BCUT2D eigenvalue weighted by Gasteiger charge is 2.05. The minimum Gasteiger partial charge on any atom is -0.493 e. The van der Waals surface area contributed by atoms with Crippen LogP contribution >= 0.6 is 0 Å². The summed E-state index contributed by atoms with van der Waals surface area (Å²) in [6.45, 7) is 22.2.